The van der Waals surface area contributed by atoms with Gasteiger partial charge in [-0.2, -0.15) is 0 Å². The van der Waals surface area contributed by atoms with Crippen molar-refractivity contribution in [3.63, 3.8) is 0 Å². The van der Waals surface area contributed by atoms with Crippen molar-refractivity contribution < 1.29 is 4.74 Å². The first-order chi connectivity index (χ1) is 8.25. The lowest BCUT2D eigenvalue weighted by molar-refractivity contribution is 0.243. The van der Waals surface area contributed by atoms with Crippen LogP contribution < -0.4 is 10.1 Å². The van der Waals surface area contributed by atoms with Crippen LogP contribution in [-0.2, 0) is 0 Å². The Morgan fingerprint density at radius 2 is 1.71 bits per heavy atom. The molecule has 0 atom stereocenters. The van der Waals surface area contributed by atoms with E-state index < -0.39 is 0 Å². The van der Waals surface area contributed by atoms with Crippen LogP contribution in [0, 0.1) is 0 Å². The lowest BCUT2D eigenvalue weighted by Gasteiger charge is -2.12. The summed E-state index contributed by atoms with van der Waals surface area (Å²) in [7, 11) is 0. The molecule has 0 unspecified atom stereocenters. The normalized spacial score (nSPS) is 11.9. The van der Waals surface area contributed by atoms with Crippen LogP contribution in [0.1, 0.15) is 13.8 Å². The molecule has 0 saturated heterocycles. The second-order valence-corrected chi connectivity index (χ2v) is 4.45. The molecule has 0 saturated carbocycles. The van der Waals surface area contributed by atoms with Crippen LogP contribution in [0.15, 0.2) is 42.5 Å². The molecule has 0 aliphatic carbocycles. The summed E-state index contributed by atoms with van der Waals surface area (Å²) in [6.07, 6.45) is 0.167. The number of hydrogen-bond acceptors (Lipinski definition) is 1. The standard InChI is InChI=1S/C15H14NO/c1-10(2)17-14-9-5-7-12-11-6-3-4-8-13(11)16-15(12)14/h3-10H,1-2H3. The van der Waals surface area contributed by atoms with Crippen molar-refractivity contribution in [2.24, 2.45) is 0 Å². The fourth-order valence-electron chi connectivity index (χ4n) is 2.12. The molecule has 2 aromatic carbocycles. The highest BCUT2D eigenvalue weighted by Gasteiger charge is 2.22. The van der Waals surface area contributed by atoms with Gasteiger partial charge in [0.15, 0.2) is 0 Å². The van der Waals surface area contributed by atoms with Gasteiger partial charge < -0.3 is 4.74 Å². The maximum atomic E-state index is 5.79. The molecule has 85 valence electrons. The van der Waals surface area contributed by atoms with Crippen LogP contribution >= 0.6 is 0 Å². The molecule has 2 aromatic rings. The van der Waals surface area contributed by atoms with Crippen molar-refractivity contribution >= 4 is 11.4 Å². The maximum Gasteiger partial charge on any atom is 0.145 e. The predicted molar refractivity (Wildman–Crippen MR) is 69.1 cm³/mol. The number of ether oxygens (including phenoxy) is 1. The molecule has 1 aliphatic heterocycles. The Kier molecular flexibility index (Phi) is 2.29. The SMILES string of the molecule is CC(C)Oc1cccc2c1[N]c1ccccc1-2. The Bertz CT molecular complexity index is 561. The Morgan fingerprint density at radius 3 is 2.53 bits per heavy atom. The van der Waals surface area contributed by atoms with E-state index in [0.717, 1.165) is 17.1 Å². The zero-order valence-electron chi connectivity index (χ0n) is 9.97. The van der Waals surface area contributed by atoms with E-state index in [0.29, 0.717) is 0 Å². The van der Waals surface area contributed by atoms with Gasteiger partial charge in [0.2, 0.25) is 0 Å². The van der Waals surface area contributed by atoms with Gasteiger partial charge >= 0.3 is 0 Å². The third-order valence-corrected chi connectivity index (χ3v) is 2.79. The van der Waals surface area contributed by atoms with Crippen LogP contribution in [0.2, 0.25) is 0 Å². The van der Waals surface area contributed by atoms with Gasteiger partial charge in [-0.15, -0.1) is 0 Å². The molecule has 2 heteroatoms. The molecular weight excluding hydrogens is 210 g/mol. The fourth-order valence-corrected chi connectivity index (χ4v) is 2.12. The second kappa shape index (κ2) is 3.81. The summed E-state index contributed by atoms with van der Waals surface area (Å²) in [6.45, 7) is 4.06. The number of nitrogens with zero attached hydrogens (tertiary/aromatic N) is 1. The minimum Gasteiger partial charge on any atom is -0.489 e. The number of fused-ring (bicyclic) bond motifs is 3. The largest absolute Gasteiger partial charge is 0.489 e. The third-order valence-electron chi connectivity index (χ3n) is 2.79. The summed E-state index contributed by atoms with van der Waals surface area (Å²) < 4.78 is 5.79. The summed E-state index contributed by atoms with van der Waals surface area (Å²) in [6, 6.07) is 14.3. The monoisotopic (exact) mass is 224 g/mol. The molecule has 0 N–H and O–H groups in total. The molecule has 2 nitrogen and oxygen atoms in total. The van der Waals surface area contributed by atoms with E-state index in [1.807, 2.05) is 44.2 Å². The maximum absolute atomic E-state index is 5.79. The van der Waals surface area contributed by atoms with Crippen LogP contribution in [-0.4, -0.2) is 6.10 Å². The molecular formula is C15H14NO. The van der Waals surface area contributed by atoms with Crippen LogP contribution in [0.3, 0.4) is 0 Å². The molecule has 1 heterocycles. The number of para-hydroxylation sites is 2. The zero-order chi connectivity index (χ0) is 11.8. The fraction of sp³-hybridized carbons (Fsp3) is 0.200. The van der Waals surface area contributed by atoms with Gasteiger partial charge in [0.1, 0.15) is 11.4 Å². The highest BCUT2D eigenvalue weighted by molar-refractivity contribution is 5.93. The van der Waals surface area contributed by atoms with Crippen molar-refractivity contribution in [2.45, 2.75) is 20.0 Å². The van der Waals surface area contributed by atoms with Gasteiger partial charge in [-0.1, -0.05) is 30.3 Å². The Hall–Kier alpha value is -1.96. The van der Waals surface area contributed by atoms with Crippen molar-refractivity contribution in [1.29, 1.82) is 0 Å². The topological polar surface area (TPSA) is 23.3 Å². The third kappa shape index (κ3) is 1.66. The molecule has 0 aromatic heterocycles. The molecule has 0 bridgehead atoms. The summed E-state index contributed by atoms with van der Waals surface area (Å²) in [5.41, 5.74) is 4.35. The highest BCUT2D eigenvalue weighted by Crippen LogP contribution is 2.47. The van der Waals surface area contributed by atoms with E-state index >= 15 is 0 Å². The van der Waals surface area contributed by atoms with E-state index in [4.69, 9.17) is 4.74 Å². The first-order valence-corrected chi connectivity index (χ1v) is 5.86. The molecule has 1 radical (unpaired) electrons. The van der Waals surface area contributed by atoms with Gasteiger partial charge in [0.25, 0.3) is 0 Å². The summed E-state index contributed by atoms with van der Waals surface area (Å²) in [4.78, 5) is 0. The average Bonchev–Trinajstić information content (AvgIpc) is 2.68. The lowest BCUT2D eigenvalue weighted by Crippen LogP contribution is -2.06. The van der Waals surface area contributed by atoms with Crippen LogP contribution in [0.25, 0.3) is 11.1 Å². The van der Waals surface area contributed by atoms with E-state index in [-0.39, 0.29) is 6.10 Å². The predicted octanol–water partition coefficient (Wildman–Crippen LogP) is 4.02. The van der Waals surface area contributed by atoms with Gasteiger partial charge in [0.05, 0.1) is 11.8 Å². The van der Waals surface area contributed by atoms with Gasteiger partial charge in [-0.25, -0.2) is 5.32 Å². The number of benzene rings is 2. The van der Waals surface area contributed by atoms with Crippen molar-refractivity contribution in [3.8, 4) is 16.9 Å². The molecule has 0 fully saturated rings. The van der Waals surface area contributed by atoms with E-state index in [1.165, 1.54) is 11.1 Å². The number of hydrogen-bond donors (Lipinski definition) is 0. The molecule has 3 rings (SSSR count). The Morgan fingerprint density at radius 1 is 0.941 bits per heavy atom. The Balaban J connectivity index is 2.11. The smallest absolute Gasteiger partial charge is 0.145 e. The minimum atomic E-state index is 0.167. The quantitative estimate of drug-likeness (QED) is 0.644. The zero-order valence-corrected chi connectivity index (χ0v) is 9.97. The summed E-state index contributed by atoms with van der Waals surface area (Å²) in [5.74, 6) is 0.869. The first kappa shape index (κ1) is 10.2. The van der Waals surface area contributed by atoms with E-state index in [1.54, 1.807) is 0 Å². The Labute approximate surface area is 101 Å². The van der Waals surface area contributed by atoms with Gasteiger partial charge in [0, 0.05) is 11.1 Å². The lowest BCUT2D eigenvalue weighted by atomic mass is 10.1. The van der Waals surface area contributed by atoms with Crippen LogP contribution in [0.4, 0.5) is 11.4 Å². The van der Waals surface area contributed by atoms with Crippen molar-refractivity contribution in [2.75, 3.05) is 0 Å². The first-order valence-electron chi connectivity index (χ1n) is 5.86. The van der Waals surface area contributed by atoms with E-state index in [9.17, 15) is 0 Å². The number of rotatable bonds is 2. The van der Waals surface area contributed by atoms with Crippen LogP contribution in [0.5, 0.6) is 5.75 Å². The second-order valence-electron chi connectivity index (χ2n) is 4.45. The molecule has 0 spiro atoms. The highest BCUT2D eigenvalue weighted by atomic mass is 16.5. The van der Waals surface area contributed by atoms with Gasteiger partial charge in [-0.05, 0) is 26.0 Å². The summed E-state index contributed by atoms with van der Waals surface area (Å²) >= 11 is 0. The average molecular weight is 224 g/mol. The van der Waals surface area contributed by atoms with Crippen molar-refractivity contribution in [3.05, 3.63) is 42.5 Å². The van der Waals surface area contributed by atoms with Crippen molar-refractivity contribution in [1.82, 2.24) is 5.32 Å². The van der Waals surface area contributed by atoms with Gasteiger partial charge in [-0.3, -0.25) is 0 Å². The minimum absolute atomic E-state index is 0.167. The van der Waals surface area contributed by atoms with E-state index in [2.05, 4.69) is 17.4 Å². The molecule has 17 heavy (non-hydrogen) atoms. The molecule has 0 amide bonds. The molecule has 1 aliphatic rings. The summed E-state index contributed by atoms with van der Waals surface area (Å²) in [5, 5.41) is 4.64.